The van der Waals surface area contributed by atoms with Gasteiger partial charge in [-0.15, -0.1) is 0 Å². The van der Waals surface area contributed by atoms with Crippen molar-refractivity contribution in [2.24, 2.45) is 0 Å². The van der Waals surface area contributed by atoms with E-state index < -0.39 is 0 Å². The molecule has 0 spiro atoms. The summed E-state index contributed by atoms with van der Waals surface area (Å²) in [4.78, 5) is 16.3. The fraction of sp³-hybridized carbons (Fsp3) is 0.238. The first-order chi connectivity index (χ1) is 13.1. The third-order valence-electron chi connectivity index (χ3n) is 4.54. The fourth-order valence-corrected chi connectivity index (χ4v) is 3.30. The lowest BCUT2D eigenvalue weighted by Gasteiger charge is -2.19. The van der Waals surface area contributed by atoms with Gasteiger partial charge in [-0.25, -0.2) is 0 Å². The maximum absolute atomic E-state index is 11.9. The summed E-state index contributed by atoms with van der Waals surface area (Å²) in [7, 11) is 6.23. The van der Waals surface area contributed by atoms with Crippen LogP contribution in [0.15, 0.2) is 30.5 Å². The molecule has 6 heteroatoms. The molecule has 6 nitrogen and oxygen atoms in total. The molecule has 2 aromatic carbocycles. The number of hydrogen-bond acceptors (Lipinski definition) is 6. The van der Waals surface area contributed by atoms with Crippen molar-refractivity contribution in [3.05, 3.63) is 41.7 Å². The van der Waals surface area contributed by atoms with Crippen LogP contribution in [0.4, 0.5) is 0 Å². The lowest BCUT2D eigenvalue weighted by Crippen LogP contribution is -2.00. The Labute approximate surface area is 157 Å². The second-order valence-corrected chi connectivity index (χ2v) is 5.89. The summed E-state index contributed by atoms with van der Waals surface area (Å²) in [6, 6.07) is 7.21. The van der Waals surface area contributed by atoms with Gasteiger partial charge in [0.25, 0.3) is 0 Å². The summed E-state index contributed by atoms with van der Waals surface area (Å²) >= 11 is 0. The standard InChI is InChI=1S/C21H21NO5/c1-12-19-13(6-7-22-12)8-18(26-4)21(27-5)20(19)15-10-17(25-3)16(24-2)9-14(15)11-23/h6-11H,1-5H3. The number of aryl methyl sites for hydroxylation is 1. The Balaban J connectivity index is 2.52. The predicted molar refractivity (Wildman–Crippen MR) is 104 cm³/mol. The molecular formula is C21H21NO5. The molecule has 0 saturated heterocycles. The predicted octanol–water partition coefficient (Wildman–Crippen LogP) is 4.06. The van der Waals surface area contributed by atoms with E-state index in [1.54, 1.807) is 39.7 Å². The van der Waals surface area contributed by atoms with Gasteiger partial charge in [0.05, 0.1) is 28.4 Å². The third-order valence-corrected chi connectivity index (χ3v) is 4.54. The van der Waals surface area contributed by atoms with Gasteiger partial charge in [0.2, 0.25) is 0 Å². The van der Waals surface area contributed by atoms with Crippen LogP contribution < -0.4 is 18.9 Å². The molecule has 0 bridgehead atoms. The van der Waals surface area contributed by atoms with Gasteiger partial charge in [-0.1, -0.05) is 0 Å². The average Bonchev–Trinajstić information content (AvgIpc) is 2.71. The zero-order chi connectivity index (χ0) is 19.6. The number of rotatable bonds is 6. The molecule has 0 aliphatic heterocycles. The second-order valence-electron chi connectivity index (χ2n) is 5.89. The Kier molecular flexibility index (Phi) is 5.16. The molecule has 0 aliphatic carbocycles. The molecule has 0 unspecified atom stereocenters. The van der Waals surface area contributed by atoms with E-state index in [0.29, 0.717) is 34.1 Å². The average molecular weight is 367 g/mol. The van der Waals surface area contributed by atoms with Crippen LogP contribution in [0.1, 0.15) is 16.1 Å². The molecule has 0 amide bonds. The van der Waals surface area contributed by atoms with E-state index in [9.17, 15) is 4.79 Å². The Morgan fingerprint density at radius 2 is 1.56 bits per heavy atom. The number of carbonyl (C=O) groups is 1. The Morgan fingerprint density at radius 1 is 0.889 bits per heavy atom. The van der Waals surface area contributed by atoms with Crippen molar-refractivity contribution in [3.8, 4) is 34.1 Å². The highest BCUT2D eigenvalue weighted by atomic mass is 16.5. The first kappa shape index (κ1) is 18.5. The van der Waals surface area contributed by atoms with E-state index >= 15 is 0 Å². The minimum absolute atomic E-state index is 0.448. The molecule has 3 rings (SSSR count). The first-order valence-electron chi connectivity index (χ1n) is 8.31. The normalized spacial score (nSPS) is 10.6. The Hall–Kier alpha value is -3.28. The molecule has 0 atom stereocenters. The molecule has 0 saturated carbocycles. The van der Waals surface area contributed by atoms with Crippen molar-refractivity contribution in [1.82, 2.24) is 4.98 Å². The zero-order valence-corrected chi connectivity index (χ0v) is 16.0. The van der Waals surface area contributed by atoms with Gasteiger partial charge in [0, 0.05) is 34.0 Å². The van der Waals surface area contributed by atoms with Gasteiger partial charge >= 0.3 is 0 Å². The summed E-state index contributed by atoms with van der Waals surface area (Å²) in [5, 5.41) is 1.81. The lowest BCUT2D eigenvalue weighted by molar-refractivity contribution is 0.112. The van der Waals surface area contributed by atoms with Crippen LogP contribution in [-0.2, 0) is 0 Å². The number of aldehydes is 1. The molecule has 0 radical (unpaired) electrons. The van der Waals surface area contributed by atoms with Crippen molar-refractivity contribution in [3.63, 3.8) is 0 Å². The number of fused-ring (bicyclic) bond motifs is 1. The summed E-state index contributed by atoms with van der Waals surface area (Å²) in [6.07, 6.45) is 2.52. The van der Waals surface area contributed by atoms with Crippen LogP contribution in [0.25, 0.3) is 21.9 Å². The number of nitrogens with zero attached hydrogens (tertiary/aromatic N) is 1. The van der Waals surface area contributed by atoms with Gasteiger partial charge in [0.15, 0.2) is 29.3 Å². The van der Waals surface area contributed by atoms with E-state index in [0.717, 1.165) is 28.3 Å². The summed E-state index contributed by atoms with van der Waals surface area (Å²) < 4.78 is 22.0. The van der Waals surface area contributed by atoms with Crippen molar-refractivity contribution >= 4 is 17.1 Å². The van der Waals surface area contributed by atoms with Gasteiger partial charge in [0.1, 0.15) is 0 Å². The van der Waals surface area contributed by atoms with E-state index in [2.05, 4.69) is 4.98 Å². The van der Waals surface area contributed by atoms with Crippen LogP contribution in [0.5, 0.6) is 23.0 Å². The molecule has 0 N–H and O–H groups in total. The van der Waals surface area contributed by atoms with Crippen molar-refractivity contribution in [2.75, 3.05) is 28.4 Å². The summed E-state index contributed by atoms with van der Waals surface area (Å²) in [5.74, 6) is 2.08. The first-order valence-corrected chi connectivity index (χ1v) is 8.31. The number of methoxy groups -OCH3 is 4. The van der Waals surface area contributed by atoms with Crippen LogP contribution in [0.3, 0.4) is 0 Å². The van der Waals surface area contributed by atoms with E-state index in [1.807, 2.05) is 19.1 Å². The minimum Gasteiger partial charge on any atom is -0.493 e. The van der Waals surface area contributed by atoms with Crippen molar-refractivity contribution < 1.29 is 23.7 Å². The highest BCUT2D eigenvalue weighted by Crippen LogP contribution is 2.47. The maximum atomic E-state index is 11.9. The van der Waals surface area contributed by atoms with Crippen LogP contribution >= 0.6 is 0 Å². The highest BCUT2D eigenvalue weighted by Gasteiger charge is 2.22. The van der Waals surface area contributed by atoms with Crippen molar-refractivity contribution in [1.29, 1.82) is 0 Å². The summed E-state index contributed by atoms with van der Waals surface area (Å²) in [6.45, 7) is 1.92. The molecule has 3 aromatic rings. The summed E-state index contributed by atoms with van der Waals surface area (Å²) in [5.41, 5.74) is 2.64. The van der Waals surface area contributed by atoms with Gasteiger partial charge < -0.3 is 18.9 Å². The molecule has 140 valence electrons. The fourth-order valence-electron chi connectivity index (χ4n) is 3.30. The Bertz CT molecular complexity index is 1010. The minimum atomic E-state index is 0.448. The van der Waals surface area contributed by atoms with Gasteiger partial charge in [-0.05, 0) is 36.6 Å². The number of aromatic nitrogens is 1. The number of pyridine rings is 1. The van der Waals surface area contributed by atoms with Crippen LogP contribution in [0.2, 0.25) is 0 Å². The SMILES string of the molecule is COc1cc(C=O)c(-c2c(OC)c(OC)cc3ccnc(C)c23)cc1OC. The smallest absolute Gasteiger partial charge is 0.169 e. The largest absolute Gasteiger partial charge is 0.493 e. The third kappa shape index (κ3) is 3.03. The second kappa shape index (κ2) is 7.53. The zero-order valence-electron chi connectivity index (χ0n) is 16.0. The van der Waals surface area contributed by atoms with E-state index in [-0.39, 0.29) is 0 Å². The number of benzene rings is 2. The molecule has 0 aliphatic rings. The number of carbonyl (C=O) groups excluding carboxylic acids is 1. The highest BCUT2D eigenvalue weighted by molar-refractivity contribution is 6.06. The van der Waals surface area contributed by atoms with E-state index in [4.69, 9.17) is 18.9 Å². The lowest BCUT2D eigenvalue weighted by atomic mass is 9.92. The topological polar surface area (TPSA) is 66.9 Å². The molecular weight excluding hydrogens is 346 g/mol. The van der Waals surface area contributed by atoms with Crippen LogP contribution in [0, 0.1) is 6.92 Å². The van der Waals surface area contributed by atoms with Gasteiger partial charge in [-0.3, -0.25) is 9.78 Å². The molecule has 1 heterocycles. The van der Waals surface area contributed by atoms with Crippen LogP contribution in [-0.4, -0.2) is 39.7 Å². The van der Waals surface area contributed by atoms with Gasteiger partial charge in [-0.2, -0.15) is 0 Å². The van der Waals surface area contributed by atoms with E-state index in [1.165, 1.54) is 7.11 Å². The Morgan fingerprint density at radius 3 is 2.15 bits per heavy atom. The number of hydrogen-bond donors (Lipinski definition) is 0. The van der Waals surface area contributed by atoms with Crippen molar-refractivity contribution in [2.45, 2.75) is 6.92 Å². The molecule has 27 heavy (non-hydrogen) atoms. The molecule has 0 fully saturated rings. The maximum Gasteiger partial charge on any atom is 0.169 e. The monoisotopic (exact) mass is 367 g/mol. The quantitative estimate of drug-likeness (QED) is 0.612. The molecule has 1 aromatic heterocycles. The number of ether oxygens (including phenoxy) is 4.